The molecule has 1 saturated heterocycles. The molecule has 4 rings (SSSR count). The van der Waals surface area contributed by atoms with Gasteiger partial charge in [-0.3, -0.25) is 4.79 Å². The molecule has 6 heteroatoms. The van der Waals surface area contributed by atoms with Gasteiger partial charge in [0.25, 0.3) is 11.7 Å². The first-order valence-corrected chi connectivity index (χ1v) is 8.51. The highest BCUT2D eigenvalue weighted by Gasteiger charge is 2.56. The van der Waals surface area contributed by atoms with Gasteiger partial charge in [0.05, 0.1) is 28.9 Å². The van der Waals surface area contributed by atoms with Gasteiger partial charge in [0.15, 0.2) is 0 Å². The monoisotopic (exact) mass is 363 g/mol. The van der Waals surface area contributed by atoms with E-state index in [2.05, 4.69) is 0 Å². The van der Waals surface area contributed by atoms with E-state index in [0.29, 0.717) is 47.5 Å². The van der Waals surface area contributed by atoms with Crippen LogP contribution in [0.15, 0.2) is 42.5 Å². The first-order valence-electron chi connectivity index (χ1n) is 7.76. The highest BCUT2D eigenvalue weighted by molar-refractivity contribution is 6.44. The number of halogens is 2. The molecule has 24 heavy (non-hydrogen) atoms. The van der Waals surface area contributed by atoms with E-state index in [1.165, 1.54) is 0 Å². The molecule has 1 spiro atoms. The number of nitrogens with zero attached hydrogens (tertiary/aromatic N) is 1. The molecular formula is C18H15Cl2NO3. The van der Waals surface area contributed by atoms with Crippen molar-refractivity contribution in [3.63, 3.8) is 0 Å². The van der Waals surface area contributed by atoms with E-state index < -0.39 is 5.79 Å². The van der Waals surface area contributed by atoms with Gasteiger partial charge in [-0.2, -0.15) is 0 Å². The average Bonchev–Trinajstić information content (AvgIpc) is 3.17. The second-order valence-electron chi connectivity index (χ2n) is 5.76. The Morgan fingerprint density at radius 2 is 1.75 bits per heavy atom. The molecule has 1 amide bonds. The van der Waals surface area contributed by atoms with Gasteiger partial charge in [-0.1, -0.05) is 53.5 Å². The Morgan fingerprint density at radius 1 is 1.04 bits per heavy atom. The third kappa shape index (κ3) is 2.33. The van der Waals surface area contributed by atoms with E-state index in [9.17, 15) is 4.79 Å². The van der Waals surface area contributed by atoms with Crippen LogP contribution < -0.4 is 4.90 Å². The topological polar surface area (TPSA) is 38.8 Å². The van der Waals surface area contributed by atoms with Crippen molar-refractivity contribution in [2.75, 3.05) is 24.7 Å². The number of fused-ring (bicyclic) bond motifs is 2. The number of carbonyl (C=O) groups excluding carboxylic acids is 1. The van der Waals surface area contributed by atoms with Crippen LogP contribution in [0.1, 0.15) is 11.1 Å². The second-order valence-corrected chi connectivity index (χ2v) is 6.55. The summed E-state index contributed by atoms with van der Waals surface area (Å²) < 4.78 is 11.4. The van der Waals surface area contributed by atoms with Crippen LogP contribution in [0.2, 0.25) is 10.0 Å². The summed E-state index contributed by atoms with van der Waals surface area (Å²) in [4.78, 5) is 14.7. The number of rotatable bonds is 3. The second kappa shape index (κ2) is 6.05. The van der Waals surface area contributed by atoms with Crippen LogP contribution in [0.25, 0.3) is 0 Å². The van der Waals surface area contributed by atoms with Crippen molar-refractivity contribution in [1.82, 2.24) is 0 Å². The zero-order valence-corrected chi connectivity index (χ0v) is 14.3. The van der Waals surface area contributed by atoms with Gasteiger partial charge in [-0.25, -0.2) is 0 Å². The molecule has 2 aliphatic rings. The minimum Gasteiger partial charge on any atom is -0.336 e. The molecule has 0 N–H and O–H groups in total. The third-order valence-electron chi connectivity index (χ3n) is 4.38. The van der Waals surface area contributed by atoms with Gasteiger partial charge in [0.2, 0.25) is 0 Å². The Labute approximate surface area is 149 Å². The SMILES string of the molecule is O=C1N(CCc2ccccc2)c2c(ccc(Cl)c2Cl)C12OCCO2. The highest BCUT2D eigenvalue weighted by Crippen LogP contribution is 2.50. The smallest absolute Gasteiger partial charge is 0.292 e. The van der Waals surface area contributed by atoms with Crippen LogP contribution in [0.5, 0.6) is 0 Å². The molecular weight excluding hydrogens is 349 g/mol. The van der Waals surface area contributed by atoms with Crippen molar-refractivity contribution < 1.29 is 14.3 Å². The van der Waals surface area contributed by atoms with E-state index in [1.807, 2.05) is 30.3 Å². The van der Waals surface area contributed by atoms with Gasteiger partial charge in [-0.15, -0.1) is 0 Å². The van der Waals surface area contributed by atoms with Crippen LogP contribution in [-0.2, 0) is 26.5 Å². The lowest BCUT2D eigenvalue weighted by molar-refractivity contribution is -0.180. The number of amides is 1. The number of ether oxygens (including phenoxy) is 2. The summed E-state index contributed by atoms with van der Waals surface area (Å²) >= 11 is 12.6. The molecule has 2 aromatic carbocycles. The maximum absolute atomic E-state index is 13.0. The van der Waals surface area contributed by atoms with Gasteiger partial charge in [0.1, 0.15) is 0 Å². The molecule has 0 atom stereocenters. The lowest BCUT2D eigenvalue weighted by Crippen LogP contribution is -2.42. The Balaban J connectivity index is 1.73. The Kier molecular flexibility index (Phi) is 4.01. The van der Waals surface area contributed by atoms with E-state index in [4.69, 9.17) is 32.7 Å². The fourth-order valence-corrected chi connectivity index (χ4v) is 3.67. The zero-order chi connectivity index (χ0) is 16.7. The molecule has 2 heterocycles. The summed E-state index contributed by atoms with van der Waals surface area (Å²) in [5.41, 5.74) is 2.36. The minimum atomic E-state index is -1.37. The predicted molar refractivity (Wildman–Crippen MR) is 92.5 cm³/mol. The van der Waals surface area contributed by atoms with E-state index in [-0.39, 0.29) is 5.91 Å². The first kappa shape index (κ1) is 15.9. The van der Waals surface area contributed by atoms with Gasteiger partial charge in [0, 0.05) is 12.1 Å². The Bertz CT molecular complexity index is 788. The number of benzene rings is 2. The number of hydrogen-bond acceptors (Lipinski definition) is 3. The van der Waals surface area contributed by atoms with E-state index in [0.717, 1.165) is 5.56 Å². The third-order valence-corrected chi connectivity index (χ3v) is 5.18. The molecule has 124 valence electrons. The summed E-state index contributed by atoms with van der Waals surface area (Å²) in [6, 6.07) is 13.4. The number of hydrogen-bond donors (Lipinski definition) is 0. The standard InChI is InChI=1S/C18H15Cl2NO3/c19-14-7-6-13-16(15(14)20)21(9-8-12-4-2-1-3-5-12)17(22)18(13)23-10-11-24-18/h1-7H,8-11H2. The molecule has 0 bridgehead atoms. The van der Waals surface area contributed by atoms with Crippen LogP contribution in [0, 0.1) is 0 Å². The molecule has 0 radical (unpaired) electrons. The lowest BCUT2D eigenvalue weighted by Gasteiger charge is -2.22. The van der Waals surface area contributed by atoms with Gasteiger partial charge in [-0.05, 0) is 24.1 Å². The van der Waals surface area contributed by atoms with Crippen LogP contribution in [0.3, 0.4) is 0 Å². The summed E-state index contributed by atoms with van der Waals surface area (Å²) in [6.45, 7) is 1.22. The largest absolute Gasteiger partial charge is 0.336 e. The molecule has 4 nitrogen and oxygen atoms in total. The molecule has 0 aliphatic carbocycles. The molecule has 0 unspecified atom stereocenters. The van der Waals surface area contributed by atoms with Crippen molar-refractivity contribution in [2.24, 2.45) is 0 Å². The molecule has 1 fully saturated rings. The summed E-state index contributed by atoms with van der Waals surface area (Å²) in [5.74, 6) is -1.62. The van der Waals surface area contributed by atoms with Crippen molar-refractivity contribution in [3.8, 4) is 0 Å². The van der Waals surface area contributed by atoms with Crippen molar-refractivity contribution in [3.05, 3.63) is 63.6 Å². The highest BCUT2D eigenvalue weighted by atomic mass is 35.5. The van der Waals surface area contributed by atoms with Gasteiger partial charge < -0.3 is 14.4 Å². The Hall–Kier alpha value is -1.59. The fraction of sp³-hybridized carbons (Fsp3) is 0.278. The van der Waals surface area contributed by atoms with Crippen LogP contribution in [-0.4, -0.2) is 25.7 Å². The van der Waals surface area contributed by atoms with Crippen molar-refractivity contribution in [2.45, 2.75) is 12.2 Å². The quantitative estimate of drug-likeness (QED) is 0.832. The summed E-state index contributed by atoms with van der Waals surface area (Å²) in [5, 5.41) is 0.759. The maximum Gasteiger partial charge on any atom is 0.292 e. The number of anilines is 1. The van der Waals surface area contributed by atoms with Crippen LogP contribution in [0.4, 0.5) is 5.69 Å². The number of carbonyl (C=O) groups is 1. The lowest BCUT2D eigenvalue weighted by atomic mass is 10.1. The minimum absolute atomic E-state index is 0.241. The van der Waals surface area contributed by atoms with Crippen molar-refractivity contribution >= 4 is 34.8 Å². The normalized spacial score (nSPS) is 18.4. The zero-order valence-electron chi connectivity index (χ0n) is 12.8. The summed E-state index contributed by atoms with van der Waals surface area (Å²) in [7, 11) is 0. The first-order chi connectivity index (χ1) is 11.6. The van der Waals surface area contributed by atoms with E-state index >= 15 is 0 Å². The molecule has 2 aromatic rings. The maximum atomic E-state index is 13.0. The van der Waals surface area contributed by atoms with Crippen LogP contribution >= 0.6 is 23.2 Å². The fourth-order valence-electron chi connectivity index (χ4n) is 3.25. The van der Waals surface area contributed by atoms with Gasteiger partial charge >= 0.3 is 0 Å². The molecule has 0 saturated carbocycles. The van der Waals surface area contributed by atoms with Crippen molar-refractivity contribution in [1.29, 1.82) is 0 Å². The van der Waals surface area contributed by atoms with E-state index in [1.54, 1.807) is 17.0 Å². The average molecular weight is 364 g/mol. The molecule has 0 aromatic heterocycles. The Morgan fingerprint density at radius 3 is 2.46 bits per heavy atom. The molecule has 2 aliphatic heterocycles. The predicted octanol–water partition coefficient (Wildman–Crippen LogP) is 3.78. The summed E-state index contributed by atoms with van der Waals surface area (Å²) in [6.07, 6.45) is 0.699.